The number of benzene rings is 1. The van der Waals surface area contributed by atoms with Gasteiger partial charge in [-0.15, -0.1) is 0 Å². The van der Waals surface area contributed by atoms with E-state index in [1.165, 1.54) is 0 Å². The van der Waals surface area contributed by atoms with E-state index in [1.807, 2.05) is 37.3 Å². The van der Waals surface area contributed by atoms with E-state index in [-0.39, 0.29) is 5.91 Å². The van der Waals surface area contributed by atoms with E-state index in [0.717, 1.165) is 23.4 Å². The van der Waals surface area contributed by atoms with Crippen LogP contribution in [-0.4, -0.2) is 22.3 Å². The normalized spacial score (nSPS) is 10.8. The van der Waals surface area contributed by atoms with E-state index in [9.17, 15) is 4.79 Å². The van der Waals surface area contributed by atoms with Gasteiger partial charge >= 0.3 is 0 Å². The van der Waals surface area contributed by atoms with Crippen LogP contribution in [0.15, 0.2) is 30.3 Å². The van der Waals surface area contributed by atoms with Crippen molar-refractivity contribution in [3.8, 4) is 5.75 Å². The predicted octanol–water partition coefficient (Wildman–Crippen LogP) is 2.95. The number of hydrogen-bond acceptors (Lipinski definition) is 3. The van der Waals surface area contributed by atoms with Crippen LogP contribution in [0.5, 0.6) is 5.75 Å². The van der Waals surface area contributed by atoms with Crippen LogP contribution in [-0.2, 0) is 20.0 Å². The van der Waals surface area contributed by atoms with Gasteiger partial charge in [0.05, 0.1) is 12.3 Å². The molecule has 5 nitrogen and oxygen atoms in total. The standard InChI is InChI=1S/C18H25N3O2/c1-5-23-17-9-7-6-8-14(17)12-19-18(22)16-11-15(10-13(2)3)20-21(16)4/h6-9,11,13H,5,10,12H2,1-4H3,(H,19,22). The highest BCUT2D eigenvalue weighted by atomic mass is 16.5. The number of carbonyl (C=O) groups excluding carboxylic acids is 1. The predicted molar refractivity (Wildman–Crippen MR) is 90.5 cm³/mol. The molecule has 0 aliphatic heterocycles. The largest absolute Gasteiger partial charge is 0.494 e. The van der Waals surface area contributed by atoms with E-state index in [4.69, 9.17) is 4.74 Å². The summed E-state index contributed by atoms with van der Waals surface area (Å²) in [4.78, 5) is 12.4. The monoisotopic (exact) mass is 315 g/mol. The number of ether oxygens (including phenoxy) is 1. The summed E-state index contributed by atoms with van der Waals surface area (Å²) in [7, 11) is 1.80. The minimum Gasteiger partial charge on any atom is -0.494 e. The van der Waals surface area contributed by atoms with Crippen molar-refractivity contribution in [2.24, 2.45) is 13.0 Å². The minimum atomic E-state index is -0.124. The fourth-order valence-corrected chi connectivity index (χ4v) is 2.47. The number of nitrogens with one attached hydrogen (secondary N) is 1. The van der Waals surface area contributed by atoms with Gasteiger partial charge in [0, 0.05) is 19.2 Å². The van der Waals surface area contributed by atoms with Crippen LogP contribution in [0.25, 0.3) is 0 Å². The van der Waals surface area contributed by atoms with Crippen LogP contribution in [0.2, 0.25) is 0 Å². The highest BCUT2D eigenvalue weighted by molar-refractivity contribution is 5.92. The average Bonchev–Trinajstić information content (AvgIpc) is 2.86. The molecule has 124 valence electrons. The average molecular weight is 315 g/mol. The summed E-state index contributed by atoms with van der Waals surface area (Å²) >= 11 is 0. The number of nitrogens with zero attached hydrogens (tertiary/aromatic N) is 2. The fraction of sp³-hybridized carbons (Fsp3) is 0.444. The lowest BCUT2D eigenvalue weighted by Gasteiger charge is -2.10. The molecule has 0 saturated heterocycles. The SMILES string of the molecule is CCOc1ccccc1CNC(=O)c1cc(CC(C)C)nn1C. The maximum absolute atomic E-state index is 12.4. The molecule has 0 atom stereocenters. The maximum atomic E-state index is 12.4. The molecular weight excluding hydrogens is 290 g/mol. The third-order valence-corrected chi connectivity index (χ3v) is 3.49. The van der Waals surface area contributed by atoms with Gasteiger partial charge in [-0.2, -0.15) is 5.10 Å². The summed E-state index contributed by atoms with van der Waals surface area (Å²) in [5.41, 5.74) is 2.49. The van der Waals surface area contributed by atoms with Gasteiger partial charge < -0.3 is 10.1 Å². The van der Waals surface area contributed by atoms with Gasteiger partial charge in [-0.3, -0.25) is 9.48 Å². The van der Waals surface area contributed by atoms with Gasteiger partial charge in [0.25, 0.3) is 5.91 Å². The molecule has 23 heavy (non-hydrogen) atoms. The molecule has 0 unspecified atom stereocenters. The number of hydrogen-bond donors (Lipinski definition) is 1. The smallest absolute Gasteiger partial charge is 0.269 e. The van der Waals surface area contributed by atoms with E-state index in [0.29, 0.717) is 24.8 Å². The molecule has 0 aliphatic rings. The van der Waals surface area contributed by atoms with Crippen molar-refractivity contribution in [2.45, 2.75) is 33.7 Å². The van der Waals surface area contributed by atoms with Gasteiger partial charge in [-0.25, -0.2) is 0 Å². The Hall–Kier alpha value is -2.30. The van der Waals surface area contributed by atoms with Crippen molar-refractivity contribution in [3.63, 3.8) is 0 Å². The lowest BCUT2D eigenvalue weighted by atomic mass is 10.1. The zero-order valence-corrected chi connectivity index (χ0v) is 14.3. The van der Waals surface area contributed by atoms with Crippen molar-refractivity contribution in [3.05, 3.63) is 47.3 Å². The molecule has 5 heteroatoms. The minimum absolute atomic E-state index is 0.124. The molecule has 1 amide bonds. The molecule has 0 fully saturated rings. The van der Waals surface area contributed by atoms with Crippen molar-refractivity contribution in [1.82, 2.24) is 15.1 Å². The zero-order chi connectivity index (χ0) is 16.8. The lowest BCUT2D eigenvalue weighted by Crippen LogP contribution is -2.25. The Labute approximate surface area is 137 Å². The number of aromatic nitrogens is 2. The third kappa shape index (κ3) is 4.58. The van der Waals surface area contributed by atoms with Gasteiger partial charge in [0.15, 0.2) is 0 Å². The number of rotatable bonds is 7. The molecule has 1 N–H and O–H groups in total. The topological polar surface area (TPSA) is 56.1 Å². The highest BCUT2D eigenvalue weighted by Gasteiger charge is 2.14. The van der Waals surface area contributed by atoms with Crippen molar-refractivity contribution in [1.29, 1.82) is 0 Å². The highest BCUT2D eigenvalue weighted by Crippen LogP contribution is 2.18. The molecule has 0 saturated carbocycles. The molecule has 2 rings (SSSR count). The quantitative estimate of drug-likeness (QED) is 0.854. The molecule has 0 spiro atoms. The summed E-state index contributed by atoms with van der Waals surface area (Å²) in [5, 5.41) is 7.35. The van der Waals surface area contributed by atoms with Gasteiger partial charge in [-0.05, 0) is 31.4 Å². The van der Waals surface area contributed by atoms with Crippen molar-refractivity contribution in [2.75, 3.05) is 6.61 Å². The summed E-state index contributed by atoms with van der Waals surface area (Å²) < 4.78 is 7.22. The first-order valence-electron chi connectivity index (χ1n) is 8.03. The Morgan fingerprint density at radius 3 is 2.78 bits per heavy atom. The van der Waals surface area contributed by atoms with E-state index >= 15 is 0 Å². The van der Waals surface area contributed by atoms with Gasteiger partial charge in [0.2, 0.25) is 0 Å². The summed E-state index contributed by atoms with van der Waals surface area (Å²) in [6.07, 6.45) is 0.869. The molecular formula is C18H25N3O2. The molecule has 1 heterocycles. The first-order valence-corrected chi connectivity index (χ1v) is 8.03. The van der Waals surface area contributed by atoms with Crippen LogP contribution in [0.1, 0.15) is 42.5 Å². The van der Waals surface area contributed by atoms with E-state index < -0.39 is 0 Å². The van der Waals surface area contributed by atoms with Crippen LogP contribution >= 0.6 is 0 Å². The van der Waals surface area contributed by atoms with E-state index in [1.54, 1.807) is 11.7 Å². The van der Waals surface area contributed by atoms with Crippen LogP contribution < -0.4 is 10.1 Å². The Morgan fingerprint density at radius 1 is 1.35 bits per heavy atom. The maximum Gasteiger partial charge on any atom is 0.269 e. The van der Waals surface area contributed by atoms with Crippen LogP contribution in [0.3, 0.4) is 0 Å². The summed E-state index contributed by atoms with van der Waals surface area (Å²) in [6.45, 7) is 7.25. The van der Waals surface area contributed by atoms with Gasteiger partial charge in [0.1, 0.15) is 11.4 Å². The first-order chi connectivity index (χ1) is 11.0. The second-order valence-electron chi connectivity index (χ2n) is 5.97. The number of carbonyl (C=O) groups is 1. The Morgan fingerprint density at radius 2 is 2.09 bits per heavy atom. The molecule has 0 aliphatic carbocycles. The van der Waals surface area contributed by atoms with Crippen molar-refractivity contribution >= 4 is 5.91 Å². The summed E-state index contributed by atoms with van der Waals surface area (Å²) in [6, 6.07) is 9.60. The fourth-order valence-electron chi connectivity index (χ4n) is 2.47. The Bertz CT molecular complexity index is 662. The first kappa shape index (κ1) is 17.1. The second-order valence-corrected chi connectivity index (χ2v) is 5.97. The second kappa shape index (κ2) is 7.81. The van der Waals surface area contributed by atoms with Crippen LogP contribution in [0, 0.1) is 5.92 Å². The molecule has 1 aromatic carbocycles. The number of aryl methyl sites for hydroxylation is 1. The number of amides is 1. The lowest BCUT2D eigenvalue weighted by molar-refractivity contribution is 0.0941. The Kier molecular flexibility index (Phi) is 5.79. The van der Waals surface area contributed by atoms with Crippen molar-refractivity contribution < 1.29 is 9.53 Å². The molecule has 0 radical (unpaired) electrons. The molecule has 0 bridgehead atoms. The molecule has 1 aromatic heterocycles. The zero-order valence-electron chi connectivity index (χ0n) is 14.3. The molecule has 2 aromatic rings. The van der Waals surface area contributed by atoms with E-state index in [2.05, 4.69) is 24.3 Å². The van der Waals surface area contributed by atoms with Gasteiger partial charge in [-0.1, -0.05) is 32.0 Å². The Balaban J connectivity index is 2.04. The van der Waals surface area contributed by atoms with Crippen LogP contribution in [0.4, 0.5) is 0 Å². The number of para-hydroxylation sites is 1. The summed E-state index contributed by atoms with van der Waals surface area (Å²) in [5.74, 6) is 1.20. The third-order valence-electron chi connectivity index (χ3n) is 3.49.